The van der Waals surface area contributed by atoms with Crippen LogP contribution in [-0.2, 0) is 9.59 Å². The van der Waals surface area contributed by atoms with Crippen molar-refractivity contribution in [3.05, 3.63) is 11.6 Å². The third kappa shape index (κ3) is 2.87. The Kier molecular flexibility index (Phi) is 3.50. The van der Waals surface area contributed by atoms with Crippen molar-refractivity contribution in [2.45, 2.75) is 45.1 Å². The number of aliphatic carboxylic acids is 1. The molecule has 0 aromatic heterocycles. The van der Waals surface area contributed by atoms with Crippen LogP contribution in [0.3, 0.4) is 0 Å². The quantitative estimate of drug-likeness (QED) is 0.761. The highest BCUT2D eigenvalue weighted by Crippen LogP contribution is 2.36. The molecule has 1 aliphatic heterocycles. The Morgan fingerprint density at radius 1 is 1.24 bits per heavy atom. The van der Waals surface area contributed by atoms with E-state index in [1.54, 1.807) is 6.08 Å². The van der Waals surface area contributed by atoms with Gasteiger partial charge in [0, 0.05) is 12.6 Å². The largest absolute Gasteiger partial charge is 0.480 e. The van der Waals surface area contributed by atoms with E-state index in [9.17, 15) is 9.59 Å². The molecule has 1 saturated carbocycles. The molecular formula is C13H19NO3. The van der Waals surface area contributed by atoms with E-state index in [0.29, 0.717) is 18.9 Å². The smallest absolute Gasteiger partial charge is 0.326 e. The SMILES string of the molecule is C/C(=C\C(=O)N1CCCC[C@@H]1C(=O)O)C1CC1. The lowest BCUT2D eigenvalue weighted by molar-refractivity contribution is -0.150. The Hall–Kier alpha value is -1.32. The van der Waals surface area contributed by atoms with Crippen LogP contribution in [0.5, 0.6) is 0 Å². The molecule has 2 aliphatic rings. The van der Waals surface area contributed by atoms with E-state index >= 15 is 0 Å². The summed E-state index contributed by atoms with van der Waals surface area (Å²) in [5.41, 5.74) is 1.10. The van der Waals surface area contributed by atoms with Crippen molar-refractivity contribution in [2.24, 2.45) is 5.92 Å². The van der Waals surface area contributed by atoms with Gasteiger partial charge >= 0.3 is 5.97 Å². The predicted molar refractivity (Wildman–Crippen MR) is 63.5 cm³/mol. The first-order valence-corrected chi connectivity index (χ1v) is 6.31. The van der Waals surface area contributed by atoms with Gasteiger partial charge in [-0.15, -0.1) is 0 Å². The van der Waals surface area contributed by atoms with Crippen LogP contribution in [0.4, 0.5) is 0 Å². The standard InChI is InChI=1S/C13H19NO3/c1-9(10-5-6-10)8-12(15)14-7-3-2-4-11(14)13(16)17/h8,10-11H,2-7H2,1H3,(H,16,17)/b9-8+/t11-/m1/s1. The highest BCUT2D eigenvalue weighted by Gasteiger charge is 2.32. The zero-order valence-corrected chi connectivity index (χ0v) is 10.2. The van der Waals surface area contributed by atoms with Crippen molar-refractivity contribution in [1.29, 1.82) is 0 Å². The van der Waals surface area contributed by atoms with Crippen molar-refractivity contribution < 1.29 is 14.7 Å². The minimum Gasteiger partial charge on any atom is -0.480 e. The van der Waals surface area contributed by atoms with Gasteiger partial charge in [-0.05, 0) is 44.9 Å². The van der Waals surface area contributed by atoms with Crippen molar-refractivity contribution in [3.8, 4) is 0 Å². The molecule has 0 aromatic carbocycles. The Balaban J connectivity index is 2.05. The average Bonchev–Trinajstić information content (AvgIpc) is 3.12. The molecule has 1 N–H and O–H groups in total. The van der Waals surface area contributed by atoms with E-state index in [2.05, 4.69) is 0 Å². The minimum atomic E-state index is -0.879. The fourth-order valence-corrected chi connectivity index (χ4v) is 2.39. The molecule has 2 fully saturated rings. The van der Waals surface area contributed by atoms with Crippen LogP contribution < -0.4 is 0 Å². The van der Waals surface area contributed by atoms with E-state index in [4.69, 9.17) is 5.11 Å². The molecule has 2 rings (SSSR count). The van der Waals surface area contributed by atoms with E-state index in [0.717, 1.165) is 31.3 Å². The molecule has 1 atom stereocenters. The summed E-state index contributed by atoms with van der Waals surface area (Å²) in [4.78, 5) is 24.6. The number of carbonyl (C=O) groups is 2. The normalized spacial score (nSPS) is 25.8. The number of carboxylic acid groups (broad SMARTS) is 1. The van der Waals surface area contributed by atoms with Gasteiger partial charge < -0.3 is 10.0 Å². The second kappa shape index (κ2) is 4.90. The molecule has 0 unspecified atom stereocenters. The maximum atomic E-state index is 12.0. The van der Waals surface area contributed by atoms with Gasteiger partial charge in [0.05, 0.1) is 0 Å². The molecule has 0 bridgehead atoms. The number of rotatable bonds is 3. The third-order valence-corrected chi connectivity index (χ3v) is 3.64. The molecular weight excluding hydrogens is 218 g/mol. The van der Waals surface area contributed by atoms with Gasteiger partial charge in [-0.25, -0.2) is 4.79 Å². The minimum absolute atomic E-state index is 0.124. The van der Waals surface area contributed by atoms with E-state index in [1.807, 2.05) is 6.92 Å². The van der Waals surface area contributed by atoms with Crippen LogP contribution in [0.1, 0.15) is 39.0 Å². The summed E-state index contributed by atoms with van der Waals surface area (Å²) in [7, 11) is 0. The molecule has 1 heterocycles. The summed E-state index contributed by atoms with van der Waals surface area (Å²) < 4.78 is 0. The molecule has 1 saturated heterocycles. The second-order valence-corrected chi connectivity index (χ2v) is 5.04. The molecule has 1 aliphatic carbocycles. The summed E-state index contributed by atoms with van der Waals surface area (Å²) in [6.45, 7) is 2.54. The van der Waals surface area contributed by atoms with Crippen LogP contribution >= 0.6 is 0 Å². The fraction of sp³-hybridized carbons (Fsp3) is 0.692. The monoisotopic (exact) mass is 237 g/mol. The lowest BCUT2D eigenvalue weighted by Gasteiger charge is -2.32. The lowest BCUT2D eigenvalue weighted by atomic mass is 10.0. The Bertz CT molecular complexity index is 358. The Morgan fingerprint density at radius 2 is 1.94 bits per heavy atom. The van der Waals surface area contributed by atoms with Gasteiger partial charge in [-0.1, -0.05) is 5.57 Å². The molecule has 0 spiro atoms. The number of piperidine rings is 1. The van der Waals surface area contributed by atoms with Gasteiger partial charge in [0.2, 0.25) is 5.91 Å². The Labute approximate surface area is 101 Å². The summed E-state index contributed by atoms with van der Waals surface area (Å²) in [5, 5.41) is 9.10. The maximum Gasteiger partial charge on any atom is 0.326 e. The zero-order valence-electron chi connectivity index (χ0n) is 10.2. The molecule has 4 heteroatoms. The predicted octanol–water partition coefficient (Wildman–Crippen LogP) is 1.81. The first-order valence-electron chi connectivity index (χ1n) is 6.31. The Morgan fingerprint density at radius 3 is 2.53 bits per heavy atom. The number of carboxylic acids is 1. The van der Waals surface area contributed by atoms with Crippen LogP contribution in [0.25, 0.3) is 0 Å². The van der Waals surface area contributed by atoms with E-state index < -0.39 is 12.0 Å². The number of likely N-dealkylation sites (tertiary alicyclic amines) is 1. The first-order chi connectivity index (χ1) is 8.09. The van der Waals surface area contributed by atoms with Crippen molar-refractivity contribution in [2.75, 3.05) is 6.54 Å². The lowest BCUT2D eigenvalue weighted by Crippen LogP contribution is -2.47. The van der Waals surface area contributed by atoms with Gasteiger partial charge in [0.25, 0.3) is 0 Å². The molecule has 0 aromatic rings. The molecule has 0 radical (unpaired) electrons. The van der Waals surface area contributed by atoms with Crippen LogP contribution in [-0.4, -0.2) is 34.5 Å². The summed E-state index contributed by atoms with van der Waals surface area (Å²) in [5.74, 6) is -0.441. The van der Waals surface area contributed by atoms with Gasteiger partial charge in [-0.3, -0.25) is 4.79 Å². The highest BCUT2D eigenvalue weighted by atomic mass is 16.4. The highest BCUT2D eigenvalue weighted by molar-refractivity contribution is 5.92. The number of carbonyl (C=O) groups excluding carboxylic acids is 1. The van der Waals surface area contributed by atoms with E-state index in [-0.39, 0.29) is 5.91 Å². The summed E-state index contributed by atoms with van der Waals surface area (Å²) in [6.07, 6.45) is 6.35. The summed E-state index contributed by atoms with van der Waals surface area (Å²) in [6, 6.07) is -0.625. The number of hydrogen-bond acceptors (Lipinski definition) is 2. The first kappa shape index (κ1) is 12.1. The van der Waals surface area contributed by atoms with Crippen molar-refractivity contribution in [1.82, 2.24) is 4.90 Å². The maximum absolute atomic E-state index is 12.0. The molecule has 4 nitrogen and oxygen atoms in total. The number of allylic oxidation sites excluding steroid dienone is 1. The zero-order chi connectivity index (χ0) is 12.4. The van der Waals surface area contributed by atoms with Crippen LogP contribution in [0.15, 0.2) is 11.6 Å². The van der Waals surface area contributed by atoms with Crippen molar-refractivity contribution in [3.63, 3.8) is 0 Å². The third-order valence-electron chi connectivity index (χ3n) is 3.64. The van der Waals surface area contributed by atoms with Crippen molar-refractivity contribution >= 4 is 11.9 Å². The van der Waals surface area contributed by atoms with Crippen LogP contribution in [0.2, 0.25) is 0 Å². The van der Waals surface area contributed by atoms with Gasteiger partial charge in [-0.2, -0.15) is 0 Å². The van der Waals surface area contributed by atoms with Gasteiger partial charge in [0.1, 0.15) is 6.04 Å². The van der Waals surface area contributed by atoms with Gasteiger partial charge in [0.15, 0.2) is 0 Å². The fourth-order valence-electron chi connectivity index (χ4n) is 2.39. The molecule has 94 valence electrons. The molecule has 1 amide bonds. The topological polar surface area (TPSA) is 57.6 Å². The number of nitrogens with zero attached hydrogens (tertiary/aromatic N) is 1. The van der Waals surface area contributed by atoms with Crippen LogP contribution in [0, 0.1) is 5.92 Å². The summed E-state index contributed by atoms with van der Waals surface area (Å²) >= 11 is 0. The number of amides is 1. The molecule has 17 heavy (non-hydrogen) atoms. The average molecular weight is 237 g/mol. The van der Waals surface area contributed by atoms with E-state index in [1.165, 1.54) is 4.90 Å². The number of hydrogen-bond donors (Lipinski definition) is 1. The second-order valence-electron chi connectivity index (χ2n) is 5.04.